The maximum Gasteiger partial charge on any atom is 0.256 e. The average Bonchev–Trinajstić information content (AvgIpc) is 2.94. The van der Waals surface area contributed by atoms with Gasteiger partial charge in [-0.15, -0.1) is 0 Å². The van der Waals surface area contributed by atoms with E-state index < -0.39 is 0 Å². The molecule has 0 radical (unpaired) electrons. The number of hydrogen-bond acceptors (Lipinski definition) is 3. The van der Waals surface area contributed by atoms with Gasteiger partial charge in [-0.1, -0.05) is 0 Å². The van der Waals surface area contributed by atoms with Gasteiger partial charge < -0.3 is 15.0 Å². The van der Waals surface area contributed by atoms with Crippen molar-refractivity contribution < 1.29 is 9.53 Å². The number of carbonyl (C=O) groups excluding carboxylic acids is 1. The van der Waals surface area contributed by atoms with Gasteiger partial charge in [-0.05, 0) is 25.1 Å². The molecule has 0 saturated carbocycles. The van der Waals surface area contributed by atoms with Crippen LogP contribution in [0.2, 0.25) is 0 Å². The first-order valence-corrected chi connectivity index (χ1v) is 5.90. The fourth-order valence-corrected chi connectivity index (χ4v) is 2.11. The van der Waals surface area contributed by atoms with E-state index in [0.717, 1.165) is 28.5 Å². The summed E-state index contributed by atoms with van der Waals surface area (Å²) < 4.78 is 5.14. The minimum Gasteiger partial charge on any atom is -0.497 e. The Morgan fingerprint density at radius 1 is 1.37 bits per heavy atom. The molecule has 3 rings (SSSR count). The Kier molecular flexibility index (Phi) is 2.59. The number of imidazole rings is 1. The van der Waals surface area contributed by atoms with Crippen molar-refractivity contribution in [2.45, 2.75) is 6.92 Å². The predicted octanol–water partition coefficient (Wildman–Crippen LogP) is 2.22. The summed E-state index contributed by atoms with van der Waals surface area (Å²) in [6, 6.07) is 5.53. The van der Waals surface area contributed by atoms with E-state index in [1.165, 1.54) is 0 Å². The van der Waals surface area contributed by atoms with E-state index in [1.54, 1.807) is 19.4 Å². The van der Waals surface area contributed by atoms with Crippen molar-refractivity contribution >= 4 is 23.2 Å². The van der Waals surface area contributed by atoms with Crippen molar-refractivity contribution in [1.29, 1.82) is 0 Å². The lowest BCUT2D eigenvalue weighted by atomic mass is 10.1. The number of aromatic nitrogens is 2. The summed E-state index contributed by atoms with van der Waals surface area (Å²) >= 11 is 0. The number of rotatable bonds is 2. The predicted molar refractivity (Wildman–Crippen MR) is 72.8 cm³/mol. The average molecular weight is 255 g/mol. The summed E-state index contributed by atoms with van der Waals surface area (Å²) in [5.74, 6) is 1.42. The Labute approximate surface area is 110 Å². The second-order valence-electron chi connectivity index (χ2n) is 4.35. The van der Waals surface area contributed by atoms with Crippen LogP contribution in [0.3, 0.4) is 0 Å². The van der Waals surface area contributed by atoms with Crippen LogP contribution in [0.1, 0.15) is 17.1 Å². The van der Waals surface area contributed by atoms with Gasteiger partial charge in [0.1, 0.15) is 11.6 Å². The van der Waals surface area contributed by atoms with E-state index in [-0.39, 0.29) is 5.91 Å². The number of H-pyrrole nitrogens is 1. The van der Waals surface area contributed by atoms with Gasteiger partial charge in [0.25, 0.3) is 5.91 Å². The number of aromatic amines is 1. The quantitative estimate of drug-likeness (QED) is 0.808. The third kappa shape index (κ3) is 1.99. The smallest absolute Gasteiger partial charge is 0.256 e. The Morgan fingerprint density at radius 3 is 2.89 bits per heavy atom. The molecular weight excluding hydrogens is 242 g/mol. The Morgan fingerprint density at radius 2 is 2.21 bits per heavy atom. The lowest BCUT2D eigenvalue weighted by Crippen LogP contribution is -2.03. The Balaban J connectivity index is 2.05. The number of methoxy groups -OCH3 is 1. The van der Waals surface area contributed by atoms with Crippen LogP contribution in [0.4, 0.5) is 5.69 Å². The van der Waals surface area contributed by atoms with Crippen molar-refractivity contribution in [2.24, 2.45) is 0 Å². The molecule has 0 fully saturated rings. The molecule has 2 heterocycles. The van der Waals surface area contributed by atoms with Crippen LogP contribution < -0.4 is 10.1 Å². The van der Waals surface area contributed by atoms with Crippen molar-refractivity contribution in [3.63, 3.8) is 0 Å². The molecule has 0 aliphatic carbocycles. The van der Waals surface area contributed by atoms with Gasteiger partial charge in [0, 0.05) is 11.6 Å². The highest BCUT2D eigenvalue weighted by Crippen LogP contribution is 2.35. The van der Waals surface area contributed by atoms with Crippen molar-refractivity contribution in [2.75, 3.05) is 12.4 Å². The fourth-order valence-electron chi connectivity index (χ4n) is 2.11. The normalized spacial score (nSPS) is 15.5. The second-order valence-corrected chi connectivity index (χ2v) is 4.35. The molecule has 0 saturated heterocycles. The van der Waals surface area contributed by atoms with Gasteiger partial charge in [-0.3, -0.25) is 4.79 Å². The van der Waals surface area contributed by atoms with Gasteiger partial charge in [0.15, 0.2) is 0 Å². The van der Waals surface area contributed by atoms with Crippen LogP contribution in [0, 0.1) is 6.92 Å². The van der Waals surface area contributed by atoms with Gasteiger partial charge in [-0.25, -0.2) is 4.98 Å². The molecule has 2 N–H and O–H groups in total. The lowest BCUT2D eigenvalue weighted by Gasteiger charge is -2.02. The number of ether oxygens (including phenoxy) is 1. The zero-order valence-electron chi connectivity index (χ0n) is 10.7. The maximum atomic E-state index is 12.0. The zero-order valence-corrected chi connectivity index (χ0v) is 10.7. The highest BCUT2D eigenvalue weighted by molar-refractivity contribution is 6.34. The summed E-state index contributed by atoms with van der Waals surface area (Å²) in [4.78, 5) is 19.2. The third-order valence-corrected chi connectivity index (χ3v) is 3.03. The maximum absolute atomic E-state index is 12.0. The van der Waals surface area contributed by atoms with Gasteiger partial charge in [0.2, 0.25) is 0 Å². The van der Waals surface area contributed by atoms with E-state index in [9.17, 15) is 4.79 Å². The topological polar surface area (TPSA) is 67.0 Å². The highest BCUT2D eigenvalue weighted by atomic mass is 16.5. The van der Waals surface area contributed by atoms with Crippen LogP contribution in [-0.2, 0) is 4.79 Å². The van der Waals surface area contributed by atoms with Crippen molar-refractivity contribution in [3.8, 4) is 5.75 Å². The van der Waals surface area contributed by atoms with Crippen molar-refractivity contribution in [1.82, 2.24) is 9.97 Å². The summed E-state index contributed by atoms with van der Waals surface area (Å²) in [5, 5.41) is 2.83. The van der Waals surface area contributed by atoms with Crippen LogP contribution in [0.15, 0.2) is 24.4 Å². The molecule has 19 heavy (non-hydrogen) atoms. The minimum absolute atomic E-state index is 0.115. The molecule has 0 spiro atoms. The molecule has 0 atom stereocenters. The van der Waals surface area contributed by atoms with Gasteiger partial charge >= 0.3 is 0 Å². The van der Waals surface area contributed by atoms with E-state index in [0.29, 0.717) is 5.57 Å². The first-order valence-electron chi connectivity index (χ1n) is 5.90. The number of amides is 1. The number of fused-ring (bicyclic) bond motifs is 1. The monoisotopic (exact) mass is 255 g/mol. The van der Waals surface area contributed by atoms with Crippen molar-refractivity contribution in [3.05, 3.63) is 41.5 Å². The molecule has 1 amide bonds. The van der Waals surface area contributed by atoms with Gasteiger partial charge in [0.05, 0.1) is 30.3 Å². The number of aryl methyl sites for hydroxylation is 1. The Hall–Kier alpha value is -2.56. The fraction of sp³-hybridized carbons (Fsp3) is 0.143. The summed E-state index contributed by atoms with van der Waals surface area (Å²) in [6.45, 7) is 1.87. The number of carbonyl (C=O) groups is 1. The molecule has 0 unspecified atom stereocenters. The summed E-state index contributed by atoms with van der Waals surface area (Å²) in [6.07, 6.45) is 3.50. The van der Waals surface area contributed by atoms with E-state index in [2.05, 4.69) is 15.3 Å². The van der Waals surface area contributed by atoms with E-state index >= 15 is 0 Å². The third-order valence-electron chi connectivity index (χ3n) is 3.03. The molecule has 96 valence electrons. The van der Waals surface area contributed by atoms with Crippen LogP contribution in [0.25, 0.3) is 11.6 Å². The first kappa shape index (κ1) is 11.5. The largest absolute Gasteiger partial charge is 0.497 e. The lowest BCUT2D eigenvalue weighted by molar-refractivity contribution is -0.110. The zero-order chi connectivity index (χ0) is 13.4. The highest BCUT2D eigenvalue weighted by Gasteiger charge is 2.24. The molecule has 2 aromatic rings. The number of hydrogen-bond donors (Lipinski definition) is 2. The number of anilines is 1. The number of nitrogens with zero attached hydrogens (tertiary/aromatic N) is 1. The molecule has 1 aromatic heterocycles. The standard InChI is InChI=1S/C14H13N3O2/c1-8-15-7-9(16-8)5-12-11-4-3-10(19-2)6-13(11)17-14(12)18/h3-7H,1-2H3,(H,15,16)(H,17,18)/b12-5-. The minimum atomic E-state index is -0.115. The first-order chi connectivity index (χ1) is 9.17. The molecule has 5 nitrogen and oxygen atoms in total. The van der Waals surface area contributed by atoms with Crippen LogP contribution in [0.5, 0.6) is 5.75 Å². The molecule has 1 aromatic carbocycles. The van der Waals surface area contributed by atoms with E-state index in [4.69, 9.17) is 4.74 Å². The molecular formula is C14H13N3O2. The SMILES string of the molecule is COc1ccc2c(c1)NC(=O)/C2=C\c1cnc(C)[nH]1. The van der Waals surface area contributed by atoms with Crippen LogP contribution >= 0.6 is 0 Å². The van der Waals surface area contributed by atoms with Gasteiger partial charge in [-0.2, -0.15) is 0 Å². The molecule has 5 heteroatoms. The van der Waals surface area contributed by atoms with Crippen LogP contribution in [-0.4, -0.2) is 23.0 Å². The molecule has 1 aliphatic heterocycles. The molecule has 1 aliphatic rings. The van der Waals surface area contributed by atoms with E-state index in [1.807, 2.05) is 25.1 Å². The summed E-state index contributed by atoms with van der Waals surface area (Å²) in [5.41, 5.74) is 3.08. The Bertz CT molecular complexity index is 686. The second kappa shape index (κ2) is 4.28. The number of nitrogens with one attached hydrogen (secondary N) is 2. The summed E-state index contributed by atoms with van der Waals surface area (Å²) in [7, 11) is 1.60. The molecule has 0 bridgehead atoms. The number of benzene rings is 1.